The van der Waals surface area contributed by atoms with E-state index in [1.165, 1.54) is 5.69 Å². The van der Waals surface area contributed by atoms with Crippen LogP contribution in [0.1, 0.15) is 6.92 Å². The van der Waals surface area contributed by atoms with Crippen LogP contribution >= 0.6 is 0 Å². The molecule has 0 bridgehead atoms. The molecule has 0 aliphatic carbocycles. The van der Waals surface area contributed by atoms with Gasteiger partial charge in [0.1, 0.15) is 5.75 Å². The van der Waals surface area contributed by atoms with E-state index in [1.54, 1.807) is 7.11 Å². The van der Waals surface area contributed by atoms with Crippen LogP contribution in [-0.2, 0) is 0 Å². The summed E-state index contributed by atoms with van der Waals surface area (Å²) in [5.41, 5.74) is 7.13. The van der Waals surface area contributed by atoms with Crippen molar-refractivity contribution in [2.45, 2.75) is 19.0 Å². The van der Waals surface area contributed by atoms with E-state index in [0.29, 0.717) is 18.6 Å². The minimum Gasteiger partial charge on any atom is -0.497 e. The van der Waals surface area contributed by atoms with E-state index in [-0.39, 0.29) is 0 Å². The van der Waals surface area contributed by atoms with Gasteiger partial charge in [0, 0.05) is 31.4 Å². The molecule has 1 heterocycles. The molecule has 0 saturated carbocycles. The number of rotatable bonds is 3. The van der Waals surface area contributed by atoms with Crippen molar-refractivity contribution in [2.75, 3.05) is 38.7 Å². The molecule has 0 aromatic heterocycles. The van der Waals surface area contributed by atoms with Crippen LogP contribution in [0.15, 0.2) is 24.3 Å². The van der Waals surface area contributed by atoms with Gasteiger partial charge >= 0.3 is 0 Å². The molecule has 4 nitrogen and oxygen atoms in total. The third-order valence-electron chi connectivity index (χ3n) is 3.83. The van der Waals surface area contributed by atoms with E-state index in [2.05, 4.69) is 35.9 Å². The van der Waals surface area contributed by atoms with Crippen molar-refractivity contribution in [2.24, 2.45) is 5.73 Å². The van der Waals surface area contributed by atoms with E-state index >= 15 is 0 Å². The lowest BCUT2D eigenvalue weighted by molar-refractivity contribution is 0.202. The highest BCUT2D eigenvalue weighted by Crippen LogP contribution is 2.24. The summed E-state index contributed by atoms with van der Waals surface area (Å²) in [4.78, 5) is 4.78. The molecule has 4 heteroatoms. The Morgan fingerprint density at radius 1 is 1.28 bits per heavy atom. The Morgan fingerprint density at radius 2 is 1.94 bits per heavy atom. The number of nitrogens with zero attached hydrogens (tertiary/aromatic N) is 2. The van der Waals surface area contributed by atoms with Crippen LogP contribution in [0.5, 0.6) is 5.75 Å². The lowest BCUT2D eigenvalue weighted by Gasteiger charge is -2.44. The first-order valence-electron chi connectivity index (χ1n) is 6.46. The zero-order chi connectivity index (χ0) is 13.1. The van der Waals surface area contributed by atoms with Gasteiger partial charge < -0.3 is 15.4 Å². The van der Waals surface area contributed by atoms with E-state index in [9.17, 15) is 0 Å². The number of ether oxygens (including phenoxy) is 1. The number of hydrogen-bond donors (Lipinski definition) is 1. The minimum absolute atomic E-state index is 0.389. The molecule has 0 spiro atoms. The maximum absolute atomic E-state index is 5.90. The Labute approximate surface area is 109 Å². The smallest absolute Gasteiger partial charge is 0.119 e. The van der Waals surface area contributed by atoms with Crippen LogP contribution in [-0.4, -0.2) is 50.8 Å². The molecule has 1 aliphatic rings. The SMILES string of the molecule is COc1ccc(N2CC(C)N(C)CC2CN)cc1. The van der Waals surface area contributed by atoms with E-state index in [4.69, 9.17) is 10.5 Å². The van der Waals surface area contributed by atoms with Gasteiger partial charge in [-0.3, -0.25) is 4.90 Å². The number of methoxy groups -OCH3 is 1. The van der Waals surface area contributed by atoms with Gasteiger partial charge in [-0.25, -0.2) is 0 Å². The molecule has 2 atom stereocenters. The zero-order valence-corrected chi connectivity index (χ0v) is 11.5. The summed E-state index contributed by atoms with van der Waals surface area (Å²) in [7, 11) is 3.86. The zero-order valence-electron chi connectivity index (χ0n) is 11.5. The fraction of sp³-hybridized carbons (Fsp3) is 0.571. The highest BCUT2D eigenvalue weighted by molar-refractivity contribution is 5.50. The summed E-state index contributed by atoms with van der Waals surface area (Å²) < 4.78 is 5.20. The summed E-state index contributed by atoms with van der Waals surface area (Å²) in [5.74, 6) is 0.894. The summed E-state index contributed by atoms with van der Waals surface area (Å²) in [6.07, 6.45) is 0. The summed E-state index contributed by atoms with van der Waals surface area (Å²) in [6.45, 7) is 4.97. The molecule has 0 amide bonds. The molecule has 18 heavy (non-hydrogen) atoms. The van der Waals surface area contributed by atoms with Crippen LogP contribution in [0.4, 0.5) is 5.69 Å². The number of piperazine rings is 1. The van der Waals surface area contributed by atoms with Crippen LogP contribution in [0.25, 0.3) is 0 Å². The van der Waals surface area contributed by atoms with Gasteiger partial charge in [-0.2, -0.15) is 0 Å². The van der Waals surface area contributed by atoms with Gasteiger partial charge in [-0.1, -0.05) is 0 Å². The van der Waals surface area contributed by atoms with Crippen molar-refractivity contribution >= 4 is 5.69 Å². The topological polar surface area (TPSA) is 41.7 Å². The van der Waals surface area contributed by atoms with Gasteiger partial charge in [-0.15, -0.1) is 0 Å². The second kappa shape index (κ2) is 5.59. The summed E-state index contributed by atoms with van der Waals surface area (Å²) in [6, 6.07) is 9.17. The normalized spacial score (nSPS) is 25.2. The molecular formula is C14H23N3O. The van der Waals surface area contributed by atoms with Gasteiger partial charge in [-0.05, 0) is 38.2 Å². The number of anilines is 1. The first-order valence-corrected chi connectivity index (χ1v) is 6.46. The van der Waals surface area contributed by atoms with Crippen molar-refractivity contribution < 1.29 is 4.74 Å². The first kappa shape index (κ1) is 13.2. The van der Waals surface area contributed by atoms with Crippen molar-refractivity contribution in [3.05, 3.63) is 24.3 Å². The Hall–Kier alpha value is -1.26. The molecule has 2 rings (SSSR count). The van der Waals surface area contributed by atoms with Crippen LogP contribution in [0, 0.1) is 0 Å². The fourth-order valence-electron chi connectivity index (χ4n) is 2.48. The minimum atomic E-state index is 0.389. The number of hydrogen-bond acceptors (Lipinski definition) is 4. The molecule has 1 aliphatic heterocycles. The Balaban J connectivity index is 2.18. The molecule has 1 fully saturated rings. The Morgan fingerprint density at radius 3 is 2.50 bits per heavy atom. The molecule has 0 radical (unpaired) electrons. The predicted molar refractivity (Wildman–Crippen MR) is 75.3 cm³/mol. The van der Waals surface area contributed by atoms with Gasteiger partial charge in [0.2, 0.25) is 0 Å². The lowest BCUT2D eigenvalue weighted by Crippen LogP contribution is -2.58. The summed E-state index contributed by atoms with van der Waals surface area (Å²) in [5, 5.41) is 0. The van der Waals surface area contributed by atoms with Crippen LogP contribution in [0.2, 0.25) is 0 Å². The quantitative estimate of drug-likeness (QED) is 0.873. The number of likely N-dealkylation sites (N-methyl/N-ethyl adjacent to an activating group) is 1. The lowest BCUT2D eigenvalue weighted by atomic mass is 10.1. The molecule has 100 valence electrons. The average Bonchev–Trinajstić information content (AvgIpc) is 2.41. The molecule has 2 unspecified atom stereocenters. The maximum atomic E-state index is 5.90. The van der Waals surface area contributed by atoms with Crippen LogP contribution < -0.4 is 15.4 Å². The second-order valence-corrected chi connectivity index (χ2v) is 5.03. The monoisotopic (exact) mass is 249 g/mol. The van der Waals surface area contributed by atoms with Crippen molar-refractivity contribution in [3.8, 4) is 5.75 Å². The standard InChI is InChI=1S/C14H23N3O/c1-11-9-17(13(8-15)10-16(11)2)12-4-6-14(18-3)7-5-12/h4-7,11,13H,8-10,15H2,1-3H3. The largest absolute Gasteiger partial charge is 0.497 e. The van der Waals surface area contributed by atoms with Gasteiger partial charge in [0.25, 0.3) is 0 Å². The van der Waals surface area contributed by atoms with Crippen molar-refractivity contribution in [1.29, 1.82) is 0 Å². The van der Waals surface area contributed by atoms with Gasteiger partial charge in [0.05, 0.1) is 13.2 Å². The Bertz CT molecular complexity index is 379. The molecular weight excluding hydrogens is 226 g/mol. The van der Waals surface area contributed by atoms with Crippen LogP contribution in [0.3, 0.4) is 0 Å². The van der Waals surface area contributed by atoms with E-state index < -0.39 is 0 Å². The van der Waals surface area contributed by atoms with Crippen molar-refractivity contribution in [1.82, 2.24) is 4.90 Å². The third kappa shape index (κ3) is 2.60. The highest BCUT2D eigenvalue weighted by atomic mass is 16.5. The van der Waals surface area contributed by atoms with E-state index in [1.807, 2.05) is 12.1 Å². The third-order valence-corrected chi connectivity index (χ3v) is 3.83. The highest BCUT2D eigenvalue weighted by Gasteiger charge is 2.28. The maximum Gasteiger partial charge on any atom is 0.119 e. The predicted octanol–water partition coefficient (Wildman–Crippen LogP) is 1.16. The van der Waals surface area contributed by atoms with Gasteiger partial charge in [0.15, 0.2) is 0 Å². The number of benzene rings is 1. The second-order valence-electron chi connectivity index (χ2n) is 5.03. The van der Waals surface area contributed by atoms with Crippen molar-refractivity contribution in [3.63, 3.8) is 0 Å². The molecule has 2 N–H and O–H groups in total. The molecule has 1 aromatic rings. The fourth-order valence-corrected chi connectivity index (χ4v) is 2.48. The van der Waals surface area contributed by atoms with E-state index in [0.717, 1.165) is 18.8 Å². The summed E-state index contributed by atoms with van der Waals surface area (Å²) >= 11 is 0. The molecule has 1 saturated heterocycles. The first-order chi connectivity index (χ1) is 8.65. The average molecular weight is 249 g/mol. The number of nitrogens with two attached hydrogens (primary N) is 1. The Kier molecular flexibility index (Phi) is 4.09. The molecule has 1 aromatic carbocycles.